The number of carbonyl (C=O) groups excluding carboxylic acids is 1. The number of ether oxygens (including phenoxy) is 2. The first kappa shape index (κ1) is 20.1. The second-order valence-electron chi connectivity index (χ2n) is 6.60. The van der Waals surface area contributed by atoms with Crippen molar-refractivity contribution in [1.29, 1.82) is 0 Å². The van der Waals surface area contributed by atoms with Gasteiger partial charge in [-0.15, -0.1) is 0 Å². The van der Waals surface area contributed by atoms with Crippen molar-refractivity contribution in [1.82, 2.24) is 0 Å². The highest BCUT2D eigenvalue weighted by Crippen LogP contribution is 2.32. The predicted octanol–water partition coefficient (Wildman–Crippen LogP) is 1.42. The highest BCUT2D eigenvalue weighted by Gasteiger charge is 2.37. The minimum Gasteiger partial charge on any atom is -0.465 e. The van der Waals surface area contributed by atoms with Gasteiger partial charge in [-0.1, -0.05) is 24.0 Å². The number of aliphatic hydroxyl groups is 3. The summed E-state index contributed by atoms with van der Waals surface area (Å²) in [6.07, 6.45) is -2.99. The number of rotatable bonds is 3. The lowest BCUT2D eigenvalue weighted by Gasteiger charge is -2.36. The molecule has 1 aliphatic rings. The van der Waals surface area contributed by atoms with Gasteiger partial charge in [0.2, 0.25) is 0 Å². The average molecular weight is 382 g/mol. The average Bonchev–Trinajstić information content (AvgIpc) is 2.74. The largest absolute Gasteiger partial charge is 0.465 e. The number of benzene rings is 2. The number of aliphatic hydroxyl groups excluding tert-OH is 3. The number of carbonyl (C=O) groups is 1. The van der Waals surface area contributed by atoms with E-state index in [1.165, 1.54) is 7.11 Å². The van der Waals surface area contributed by atoms with Crippen LogP contribution in [0.15, 0.2) is 48.5 Å². The zero-order valence-electron chi connectivity index (χ0n) is 15.4. The van der Waals surface area contributed by atoms with Crippen molar-refractivity contribution in [2.45, 2.75) is 30.8 Å². The maximum Gasteiger partial charge on any atom is 0.337 e. The highest BCUT2D eigenvalue weighted by molar-refractivity contribution is 5.89. The molecule has 2 aromatic carbocycles. The predicted molar refractivity (Wildman–Crippen MR) is 102 cm³/mol. The van der Waals surface area contributed by atoms with E-state index in [1.54, 1.807) is 48.5 Å². The molecular formula is C22H22O6. The second kappa shape index (κ2) is 9.00. The van der Waals surface area contributed by atoms with Crippen molar-refractivity contribution < 1.29 is 29.6 Å². The maximum atomic E-state index is 11.4. The van der Waals surface area contributed by atoms with Crippen LogP contribution in [0.4, 0.5) is 0 Å². The molecule has 4 atom stereocenters. The van der Waals surface area contributed by atoms with Crippen molar-refractivity contribution >= 4 is 5.97 Å². The Kier molecular flexibility index (Phi) is 6.45. The van der Waals surface area contributed by atoms with Gasteiger partial charge in [-0.3, -0.25) is 0 Å². The van der Waals surface area contributed by atoms with E-state index in [0.717, 1.165) is 11.1 Å². The van der Waals surface area contributed by atoms with E-state index in [-0.39, 0.29) is 13.0 Å². The molecule has 1 heterocycles. The Morgan fingerprint density at radius 2 is 1.64 bits per heavy atom. The van der Waals surface area contributed by atoms with E-state index in [4.69, 9.17) is 4.74 Å². The third-order valence-electron chi connectivity index (χ3n) is 4.65. The van der Waals surface area contributed by atoms with Crippen molar-refractivity contribution in [3.05, 3.63) is 70.8 Å². The van der Waals surface area contributed by atoms with Crippen LogP contribution >= 0.6 is 0 Å². The Labute approximate surface area is 163 Å². The van der Waals surface area contributed by atoms with Gasteiger partial charge in [-0.25, -0.2) is 4.79 Å². The van der Waals surface area contributed by atoms with Gasteiger partial charge in [0, 0.05) is 17.5 Å². The van der Waals surface area contributed by atoms with Crippen LogP contribution in [0.25, 0.3) is 0 Å². The summed E-state index contributed by atoms with van der Waals surface area (Å²) in [7, 11) is 1.34. The molecule has 0 aromatic heterocycles. The smallest absolute Gasteiger partial charge is 0.337 e. The summed E-state index contributed by atoms with van der Waals surface area (Å²) in [5.74, 6) is 5.66. The lowest BCUT2D eigenvalue weighted by molar-refractivity contribution is -0.179. The van der Waals surface area contributed by atoms with Gasteiger partial charge in [0.05, 0.1) is 31.5 Å². The van der Waals surface area contributed by atoms with Gasteiger partial charge < -0.3 is 24.8 Å². The van der Waals surface area contributed by atoms with Gasteiger partial charge in [-0.05, 0) is 42.0 Å². The summed E-state index contributed by atoms with van der Waals surface area (Å²) in [5, 5.41) is 29.4. The van der Waals surface area contributed by atoms with Gasteiger partial charge in [-0.2, -0.15) is 0 Å². The monoisotopic (exact) mass is 382 g/mol. The molecule has 1 saturated heterocycles. The van der Waals surface area contributed by atoms with Gasteiger partial charge in [0.15, 0.2) is 0 Å². The minimum atomic E-state index is -1.05. The molecule has 0 saturated carbocycles. The number of hydrogen-bond donors (Lipinski definition) is 3. The molecule has 0 bridgehead atoms. The Bertz CT molecular complexity index is 863. The summed E-state index contributed by atoms with van der Waals surface area (Å²) in [5.41, 5.74) is 2.70. The van der Waals surface area contributed by atoms with Crippen LogP contribution in [0.5, 0.6) is 0 Å². The van der Waals surface area contributed by atoms with Crippen molar-refractivity contribution in [2.75, 3.05) is 13.7 Å². The maximum absolute atomic E-state index is 11.4. The molecule has 6 nitrogen and oxygen atoms in total. The lowest BCUT2D eigenvalue weighted by Crippen LogP contribution is -2.44. The third kappa shape index (κ3) is 4.58. The molecule has 0 unspecified atom stereocenters. The van der Waals surface area contributed by atoms with Gasteiger partial charge in [0.1, 0.15) is 12.2 Å². The van der Waals surface area contributed by atoms with Crippen molar-refractivity contribution in [3.63, 3.8) is 0 Å². The fourth-order valence-electron chi connectivity index (χ4n) is 3.06. The molecule has 0 amide bonds. The Hall–Kier alpha value is -2.69. The van der Waals surface area contributed by atoms with Crippen molar-refractivity contribution in [2.24, 2.45) is 0 Å². The van der Waals surface area contributed by atoms with Gasteiger partial charge >= 0.3 is 5.97 Å². The number of methoxy groups -OCH3 is 1. The number of esters is 1. The first-order chi connectivity index (χ1) is 13.5. The molecule has 146 valence electrons. The molecular weight excluding hydrogens is 360 g/mol. The van der Waals surface area contributed by atoms with Gasteiger partial charge in [0.25, 0.3) is 0 Å². The topological polar surface area (TPSA) is 96.2 Å². The molecule has 28 heavy (non-hydrogen) atoms. The van der Waals surface area contributed by atoms with E-state index in [1.807, 2.05) is 0 Å². The second-order valence-corrected chi connectivity index (χ2v) is 6.60. The number of hydrogen-bond acceptors (Lipinski definition) is 6. The Balaban J connectivity index is 1.71. The zero-order valence-corrected chi connectivity index (χ0v) is 15.4. The van der Waals surface area contributed by atoms with Crippen molar-refractivity contribution in [3.8, 4) is 11.8 Å². The van der Waals surface area contributed by atoms with E-state index in [9.17, 15) is 20.1 Å². The SMILES string of the molecule is COC(=O)c1ccc(C#Cc2ccc([C@H]3O[C@H](CO)C[C@H](O)[C@@H]3O)cc2)cc1. The van der Waals surface area contributed by atoms with E-state index < -0.39 is 30.4 Å². The zero-order chi connectivity index (χ0) is 20.1. The summed E-state index contributed by atoms with van der Waals surface area (Å²) >= 11 is 0. The first-order valence-corrected chi connectivity index (χ1v) is 8.94. The van der Waals surface area contributed by atoms with Crippen LogP contribution < -0.4 is 0 Å². The lowest BCUT2D eigenvalue weighted by atomic mass is 9.93. The quantitative estimate of drug-likeness (QED) is 0.549. The fourth-order valence-corrected chi connectivity index (χ4v) is 3.06. The minimum absolute atomic E-state index is 0.201. The molecule has 0 aliphatic carbocycles. The molecule has 0 spiro atoms. The van der Waals surface area contributed by atoms with Crippen LogP contribution in [-0.4, -0.2) is 53.3 Å². The summed E-state index contributed by atoms with van der Waals surface area (Å²) in [4.78, 5) is 11.4. The Morgan fingerprint density at radius 1 is 1.07 bits per heavy atom. The summed E-state index contributed by atoms with van der Waals surface area (Å²) in [6.45, 7) is -0.210. The first-order valence-electron chi connectivity index (χ1n) is 8.94. The standard InChI is InChI=1S/C22H22O6/c1-27-22(26)17-10-6-15(7-11-17)3-2-14-4-8-16(9-5-14)21-20(25)19(24)12-18(13-23)28-21/h4-11,18-21,23-25H,12-13H2,1H3/t18-,19-,20-,21+/m0/s1. The molecule has 6 heteroatoms. The third-order valence-corrected chi connectivity index (χ3v) is 4.65. The Morgan fingerprint density at radius 3 is 2.18 bits per heavy atom. The summed E-state index contributed by atoms with van der Waals surface area (Å²) < 4.78 is 10.3. The molecule has 0 radical (unpaired) electrons. The molecule has 3 rings (SSSR count). The highest BCUT2D eigenvalue weighted by atomic mass is 16.5. The van der Waals surface area contributed by atoms with E-state index >= 15 is 0 Å². The fraction of sp³-hybridized carbons (Fsp3) is 0.318. The van der Waals surface area contributed by atoms with Crippen LogP contribution in [0, 0.1) is 11.8 Å². The van der Waals surface area contributed by atoms with Crippen LogP contribution in [-0.2, 0) is 9.47 Å². The van der Waals surface area contributed by atoms with E-state index in [0.29, 0.717) is 11.1 Å². The van der Waals surface area contributed by atoms with Crippen LogP contribution in [0.2, 0.25) is 0 Å². The molecule has 1 fully saturated rings. The van der Waals surface area contributed by atoms with Crippen LogP contribution in [0.1, 0.15) is 39.6 Å². The summed E-state index contributed by atoms with van der Waals surface area (Å²) in [6, 6.07) is 14.0. The normalized spacial score (nSPS) is 24.1. The molecule has 1 aliphatic heterocycles. The molecule has 2 aromatic rings. The van der Waals surface area contributed by atoms with E-state index in [2.05, 4.69) is 16.6 Å². The molecule has 3 N–H and O–H groups in total. The van der Waals surface area contributed by atoms with Crippen LogP contribution in [0.3, 0.4) is 0 Å².